The average Bonchev–Trinajstić information content (AvgIpc) is 2.75. The number of fused-ring (bicyclic) bond motifs is 1. The van der Waals surface area contributed by atoms with Gasteiger partial charge in [0.1, 0.15) is 0 Å². The van der Waals surface area contributed by atoms with E-state index in [0.717, 1.165) is 6.54 Å². The molecular weight excluding hydrogens is 234 g/mol. The number of thiophene rings is 1. The summed E-state index contributed by atoms with van der Waals surface area (Å²) in [6.07, 6.45) is 6.12. The second-order valence-electron chi connectivity index (χ2n) is 5.09. The topological polar surface area (TPSA) is 12.0 Å². The Morgan fingerprint density at radius 1 is 1.56 bits per heavy atom. The molecule has 1 aliphatic rings. The number of rotatable bonds is 4. The highest BCUT2D eigenvalue weighted by molar-refractivity contribution is 7.99. The zero-order valence-corrected chi connectivity index (χ0v) is 12.0. The van der Waals surface area contributed by atoms with Crippen LogP contribution in [-0.2, 0) is 6.42 Å². The van der Waals surface area contributed by atoms with Gasteiger partial charge >= 0.3 is 0 Å². The monoisotopic (exact) mass is 255 g/mol. The molecule has 1 heterocycles. The minimum Gasteiger partial charge on any atom is -0.309 e. The summed E-state index contributed by atoms with van der Waals surface area (Å²) in [6, 6.07) is 2.91. The molecule has 0 saturated carbocycles. The third-order valence-corrected chi connectivity index (χ3v) is 5.62. The predicted molar refractivity (Wildman–Crippen MR) is 75.6 cm³/mol. The minimum absolute atomic E-state index is 0.341. The van der Waals surface area contributed by atoms with Crippen molar-refractivity contribution in [1.82, 2.24) is 5.32 Å². The van der Waals surface area contributed by atoms with E-state index < -0.39 is 0 Å². The van der Waals surface area contributed by atoms with E-state index in [2.05, 4.69) is 36.9 Å². The first-order valence-electron chi connectivity index (χ1n) is 5.97. The van der Waals surface area contributed by atoms with Crippen molar-refractivity contribution < 1.29 is 0 Å². The predicted octanol–water partition coefficient (Wildman–Crippen LogP) is 3.86. The highest BCUT2D eigenvalue weighted by atomic mass is 32.2. The zero-order chi connectivity index (χ0) is 11.6. The molecule has 2 rings (SSSR count). The molecule has 0 bridgehead atoms. The maximum Gasteiger partial charge on any atom is 0.0331 e. The van der Waals surface area contributed by atoms with E-state index in [1.807, 2.05) is 23.1 Å². The quantitative estimate of drug-likeness (QED) is 0.877. The zero-order valence-electron chi connectivity index (χ0n) is 10.4. The number of aryl methyl sites for hydroxylation is 1. The molecule has 16 heavy (non-hydrogen) atoms. The molecule has 1 aromatic rings. The van der Waals surface area contributed by atoms with Crippen LogP contribution in [0.5, 0.6) is 0 Å². The van der Waals surface area contributed by atoms with Gasteiger partial charge in [-0.2, -0.15) is 11.8 Å². The van der Waals surface area contributed by atoms with Crippen molar-refractivity contribution in [2.45, 2.75) is 43.9 Å². The van der Waals surface area contributed by atoms with Gasteiger partial charge in [0, 0.05) is 22.2 Å². The van der Waals surface area contributed by atoms with Gasteiger partial charge in [-0.1, -0.05) is 0 Å². The lowest BCUT2D eigenvalue weighted by atomic mass is 9.94. The Bertz CT molecular complexity index is 343. The van der Waals surface area contributed by atoms with Crippen LogP contribution in [0.2, 0.25) is 0 Å². The van der Waals surface area contributed by atoms with Crippen molar-refractivity contribution in [2.24, 2.45) is 0 Å². The van der Waals surface area contributed by atoms with E-state index in [4.69, 9.17) is 0 Å². The first-order valence-corrected chi connectivity index (χ1v) is 8.07. The largest absolute Gasteiger partial charge is 0.309 e. The molecule has 0 amide bonds. The Morgan fingerprint density at radius 3 is 3.12 bits per heavy atom. The summed E-state index contributed by atoms with van der Waals surface area (Å²) in [6.45, 7) is 5.71. The van der Waals surface area contributed by atoms with Crippen LogP contribution < -0.4 is 5.32 Å². The van der Waals surface area contributed by atoms with E-state index in [1.54, 1.807) is 10.4 Å². The molecule has 0 fully saturated rings. The van der Waals surface area contributed by atoms with Gasteiger partial charge in [0.2, 0.25) is 0 Å². The van der Waals surface area contributed by atoms with Gasteiger partial charge in [0.15, 0.2) is 0 Å². The minimum atomic E-state index is 0.341. The highest BCUT2D eigenvalue weighted by Crippen LogP contribution is 2.33. The van der Waals surface area contributed by atoms with Crippen molar-refractivity contribution in [3.63, 3.8) is 0 Å². The summed E-state index contributed by atoms with van der Waals surface area (Å²) in [4.78, 5) is 1.60. The second kappa shape index (κ2) is 5.11. The maximum atomic E-state index is 3.74. The fourth-order valence-corrected chi connectivity index (χ4v) is 3.35. The van der Waals surface area contributed by atoms with Gasteiger partial charge in [0.25, 0.3) is 0 Å². The average molecular weight is 255 g/mol. The van der Waals surface area contributed by atoms with Crippen LogP contribution in [0.4, 0.5) is 0 Å². The number of nitrogens with one attached hydrogen (secondary N) is 1. The standard InChI is InChI=1S/C13H21NS2/c1-13(2,15-3)9-14-11-5-4-6-12-10(11)7-8-16-12/h7-8,11,14H,4-6,9H2,1-3H3. The van der Waals surface area contributed by atoms with Crippen LogP contribution >= 0.6 is 23.1 Å². The molecule has 1 nitrogen and oxygen atoms in total. The van der Waals surface area contributed by atoms with E-state index in [0.29, 0.717) is 10.8 Å². The summed E-state index contributed by atoms with van der Waals surface area (Å²) >= 11 is 3.86. The lowest BCUT2D eigenvalue weighted by Crippen LogP contribution is -2.35. The van der Waals surface area contributed by atoms with Gasteiger partial charge in [-0.05, 0) is 56.4 Å². The second-order valence-corrected chi connectivity index (χ2v) is 7.60. The van der Waals surface area contributed by atoms with Crippen molar-refractivity contribution in [3.05, 3.63) is 21.9 Å². The summed E-state index contributed by atoms with van der Waals surface area (Å²) in [5.74, 6) is 0. The Hall–Kier alpha value is 0.0100. The number of thioether (sulfide) groups is 1. The lowest BCUT2D eigenvalue weighted by molar-refractivity contribution is 0.443. The molecule has 0 aromatic carbocycles. The molecule has 0 spiro atoms. The van der Waals surface area contributed by atoms with Crippen molar-refractivity contribution in [2.75, 3.05) is 12.8 Å². The third-order valence-electron chi connectivity index (χ3n) is 3.38. The molecule has 1 unspecified atom stereocenters. The molecular formula is C13H21NS2. The van der Waals surface area contributed by atoms with Crippen LogP contribution in [0, 0.1) is 0 Å². The smallest absolute Gasteiger partial charge is 0.0331 e. The van der Waals surface area contributed by atoms with Crippen LogP contribution in [0.1, 0.15) is 43.2 Å². The van der Waals surface area contributed by atoms with E-state index >= 15 is 0 Å². The van der Waals surface area contributed by atoms with Gasteiger partial charge in [-0.15, -0.1) is 11.3 Å². The Balaban J connectivity index is 1.98. The molecule has 0 radical (unpaired) electrons. The van der Waals surface area contributed by atoms with E-state index in [9.17, 15) is 0 Å². The van der Waals surface area contributed by atoms with Gasteiger partial charge < -0.3 is 5.32 Å². The number of hydrogen-bond acceptors (Lipinski definition) is 3. The summed E-state index contributed by atoms with van der Waals surface area (Å²) in [5, 5.41) is 5.98. The van der Waals surface area contributed by atoms with E-state index in [-0.39, 0.29) is 0 Å². The van der Waals surface area contributed by atoms with E-state index in [1.165, 1.54) is 19.3 Å². The maximum absolute atomic E-state index is 3.74. The van der Waals surface area contributed by atoms with Crippen LogP contribution in [-0.4, -0.2) is 17.5 Å². The highest BCUT2D eigenvalue weighted by Gasteiger charge is 2.23. The molecule has 0 aliphatic heterocycles. The molecule has 1 atom stereocenters. The van der Waals surface area contributed by atoms with Crippen LogP contribution in [0.3, 0.4) is 0 Å². The molecule has 1 aliphatic carbocycles. The van der Waals surface area contributed by atoms with Gasteiger partial charge in [-0.3, -0.25) is 0 Å². The third kappa shape index (κ3) is 2.82. The summed E-state index contributed by atoms with van der Waals surface area (Å²) in [5.41, 5.74) is 1.56. The van der Waals surface area contributed by atoms with Gasteiger partial charge in [-0.25, -0.2) is 0 Å². The molecule has 3 heteroatoms. The van der Waals surface area contributed by atoms with Crippen molar-refractivity contribution in [3.8, 4) is 0 Å². The lowest BCUT2D eigenvalue weighted by Gasteiger charge is -2.29. The molecule has 1 N–H and O–H groups in total. The van der Waals surface area contributed by atoms with Crippen LogP contribution in [0.25, 0.3) is 0 Å². The number of hydrogen-bond donors (Lipinski definition) is 1. The SMILES string of the molecule is CSC(C)(C)CNC1CCCc2sccc21. The van der Waals surface area contributed by atoms with Crippen molar-refractivity contribution in [1.29, 1.82) is 0 Å². The van der Waals surface area contributed by atoms with Crippen LogP contribution in [0.15, 0.2) is 11.4 Å². The Labute approximate surface area is 107 Å². The molecule has 1 aromatic heterocycles. The first-order chi connectivity index (χ1) is 7.62. The fraction of sp³-hybridized carbons (Fsp3) is 0.692. The molecule has 0 saturated heterocycles. The normalized spacial score (nSPS) is 20.8. The van der Waals surface area contributed by atoms with Gasteiger partial charge in [0.05, 0.1) is 0 Å². The fourth-order valence-electron chi connectivity index (χ4n) is 2.14. The summed E-state index contributed by atoms with van der Waals surface area (Å²) < 4.78 is 0.341. The Kier molecular flexibility index (Phi) is 3.98. The first kappa shape index (κ1) is 12.5. The molecule has 90 valence electrons. The summed E-state index contributed by atoms with van der Waals surface area (Å²) in [7, 11) is 0. The Morgan fingerprint density at radius 2 is 2.38 bits per heavy atom. The van der Waals surface area contributed by atoms with Crippen molar-refractivity contribution >= 4 is 23.1 Å².